The van der Waals surface area contributed by atoms with Crippen molar-refractivity contribution in [3.63, 3.8) is 0 Å². The second-order valence-corrected chi connectivity index (χ2v) is 5.59. The van der Waals surface area contributed by atoms with Gasteiger partial charge in [-0.15, -0.1) is 11.3 Å². The quantitative estimate of drug-likeness (QED) is 0.903. The Hall–Kier alpha value is -0.580. The first kappa shape index (κ1) is 11.9. The summed E-state index contributed by atoms with van der Waals surface area (Å²) in [5.74, 6) is 0.572. The number of amides is 1. The van der Waals surface area contributed by atoms with Crippen molar-refractivity contribution in [2.75, 3.05) is 19.8 Å². The van der Waals surface area contributed by atoms with Gasteiger partial charge in [-0.05, 0) is 30.9 Å². The highest BCUT2D eigenvalue weighted by Crippen LogP contribution is 2.21. The smallest absolute Gasteiger partial charge is 0.261 e. The number of hydrogen-bond donors (Lipinski definition) is 1. The molecule has 0 aromatic carbocycles. The molecule has 1 amide bonds. The Balaban J connectivity index is 1.71. The summed E-state index contributed by atoms with van der Waals surface area (Å²) in [6, 6.07) is 3.49. The molecule has 88 valence electrons. The van der Waals surface area contributed by atoms with Crippen LogP contribution in [-0.4, -0.2) is 25.7 Å². The molecule has 1 aliphatic heterocycles. The minimum atomic E-state index is -0.0317. The lowest BCUT2D eigenvalue weighted by Gasteiger charge is -2.07. The molecular formula is C11H14ClNO2S. The lowest BCUT2D eigenvalue weighted by molar-refractivity contribution is 0.0954. The third-order valence-corrected chi connectivity index (χ3v) is 3.89. The van der Waals surface area contributed by atoms with Crippen LogP contribution < -0.4 is 5.32 Å². The van der Waals surface area contributed by atoms with E-state index in [-0.39, 0.29) is 5.91 Å². The Bertz CT molecular complexity index is 361. The summed E-state index contributed by atoms with van der Waals surface area (Å²) >= 11 is 7.07. The van der Waals surface area contributed by atoms with Crippen LogP contribution in [0, 0.1) is 5.92 Å². The number of carbonyl (C=O) groups excluding carboxylic acids is 1. The molecule has 3 nitrogen and oxygen atoms in total. The van der Waals surface area contributed by atoms with Crippen LogP contribution in [-0.2, 0) is 4.74 Å². The fourth-order valence-electron chi connectivity index (χ4n) is 1.72. The van der Waals surface area contributed by atoms with Gasteiger partial charge in [0.15, 0.2) is 0 Å². The van der Waals surface area contributed by atoms with Crippen molar-refractivity contribution in [2.45, 2.75) is 12.8 Å². The number of hydrogen-bond acceptors (Lipinski definition) is 3. The average Bonchev–Trinajstić information content (AvgIpc) is 2.89. The molecular weight excluding hydrogens is 246 g/mol. The molecule has 1 fully saturated rings. The SMILES string of the molecule is O=C(NCC[C@@H]1CCOC1)c1ccc(Cl)s1. The zero-order valence-electron chi connectivity index (χ0n) is 8.87. The van der Waals surface area contributed by atoms with Crippen molar-refractivity contribution < 1.29 is 9.53 Å². The van der Waals surface area contributed by atoms with Gasteiger partial charge in [-0.3, -0.25) is 4.79 Å². The van der Waals surface area contributed by atoms with E-state index in [1.807, 2.05) is 0 Å². The number of halogens is 1. The highest BCUT2D eigenvalue weighted by atomic mass is 35.5. The van der Waals surface area contributed by atoms with E-state index in [1.165, 1.54) is 11.3 Å². The van der Waals surface area contributed by atoms with Crippen molar-refractivity contribution in [3.05, 3.63) is 21.3 Å². The van der Waals surface area contributed by atoms with E-state index < -0.39 is 0 Å². The predicted molar refractivity (Wildman–Crippen MR) is 65.2 cm³/mol. The van der Waals surface area contributed by atoms with Gasteiger partial charge >= 0.3 is 0 Å². The van der Waals surface area contributed by atoms with Crippen LogP contribution in [0.15, 0.2) is 12.1 Å². The average molecular weight is 260 g/mol. The van der Waals surface area contributed by atoms with Crippen LogP contribution >= 0.6 is 22.9 Å². The van der Waals surface area contributed by atoms with E-state index in [9.17, 15) is 4.79 Å². The van der Waals surface area contributed by atoms with Crippen molar-refractivity contribution in [1.82, 2.24) is 5.32 Å². The van der Waals surface area contributed by atoms with Gasteiger partial charge in [0.2, 0.25) is 0 Å². The van der Waals surface area contributed by atoms with Crippen molar-refractivity contribution in [1.29, 1.82) is 0 Å². The molecule has 0 spiro atoms. The van der Waals surface area contributed by atoms with Gasteiger partial charge in [0.1, 0.15) is 0 Å². The molecule has 1 aromatic heterocycles. The van der Waals surface area contributed by atoms with Gasteiger partial charge in [0.25, 0.3) is 5.91 Å². The minimum Gasteiger partial charge on any atom is -0.381 e. The summed E-state index contributed by atoms with van der Waals surface area (Å²) in [6.45, 7) is 2.40. The molecule has 1 N–H and O–H groups in total. The van der Waals surface area contributed by atoms with E-state index in [0.29, 0.717) is 21.7 Å². The maximum Gasteiger partial charge on any atom is 0.261 e. The summed E-state index contributed by atoms with van der Waals surface area (Å²) < 4.78 is 5.92. The molecule has 16 heavy (non-hydrogen) atoms. The first-order chi connectivity index (χ1) is 7.75. The number of carbonyl (C=O) groups is 1. The molecule has 1 aliphatic rings. The molecule has 1 saturated heterocycles. The van der Waals surface area contributed by atoms with E-state index in [2.05, 4.69) is 5.32 Å². The summed E-state index contributed by atoms with van der Waals surface area (Å²) in [7, 11) is 0. The summed E-state index contributed by atoms with van der Waals surface area (Å²) in [5.41, 5.74) is 0. The van der Waals surface area contributed by atoms with Gasteiger partial charge < -0.3 is 10.1 Å². The number of thiophene rings is 1. The summed E-state index contributed by atoms with van der Waals surface area (Å²) in [5, 5.41) is 2.90. The van der Waals surface area contributed by atoms with Crippen LogP contribution in [0.1, 0.15) is 22.5 Å². The molecule has 2 heterocycles. The van der Waals surface area contributed by atoms with Crippen molar-refractivity contribution in [3.8, 4) is 0 Å². The van der Waals surface area contributed by atoms with Crippen molar-refractivity contribution in [2.24, 2.45) is 5.92 Å². The molecule has 0 unspecified atom stereocenters. The fourth-order valence-corrected chi connectivity index (χ4v) is 2.68. The molecule has 0 radical (unpaired) electrons. The first-order valence-electron chi connectivity index (χ1n) is 5.37. The van der Waals surface area contributed by atoms with Crippen LogP contribution in [0.2, 0.25) is 4.34 Å². The van der Waals surface area contributed by atoms with E-state index in [0.717, 1.165) is 26.1 Å². The normalized spacial score (nSPS) is 19.9. The third-order valence-electron chi connectivity index (χ3n) is 2.66. The second kappa shape index (κ2) is 5.66. The Morgan fingerprint density at radius 1 is 1.62 bits per heavy atom. The van der Waals surface area contributed by atoms with Gasteiger partial charge in [-0.1, -0.05) is 11.6 Å². The lowest BCUT2D eigenvalue weighted by Crippen LogP contribution is -2.25. The Labute approximate surface area is 104 Å². The van der Waals surface area contributed by atoms with Crippen LogP contribution in [0.4, 0.5) is 0 Å². The van der Waals surface area contributed by atoms with Gasteiger partial charge in [0, 0.05) is 19.8 Å². The van der Waals surface area contributed by atoms with Gasteiger partial charge in [-0.25, -0.2) is 0 Å². The second-order valence-electron chi connectivity index (χ2n) is 3.88. The zero-order valence-corrected chi connectivity index (χ0v) is 10.4. The van der Waals surface area contributed by atoms with Gasteiger partial charge in [-0.2, -0.15) is 0 Å². The molecule has 0 bridgehead atoms. The van der Waals surface area contributed by atoms with E-state index in [4.69, 9.17) is 16.3 Å². The van der Waals surface area contributed by atoms with Crippen LogP contribution in [0.25, 0.3) is 0 Å². The highest BCUT2D eigenvalue weighted by molar-refractivity contribution is 7.17. The zero-order chi connectivity index (χ0) is 11.4. The topological polar surface area (TPSA) is 38.3 Å². The maximum absolute atomic E-state index is 11.6. The molecule has 0 saturated carbocycles. The monoisotopic (exact) mass is 259 g/mol. The largest absolute Gasteiger partial charge is 0.381 e. The maximum atomic E-state index is 11.6. The Morgan fingerprint density at radius 3 is 3.12 bits per heavy atom. The van der Waals surface area contributed by atoms with Crippen LogP contribution in [0.3, 0.4) is 0 Å². The Morgan fingerprint density at radius 2 is 2.50 bits per heavy atom. The highest BCUT2D eigenvalue weighted by Gasteiger charge is 2.15. The summed E-state index contributed by atoms with van der Waals surface area (Å²) in [4.78, 5) is 12.3. The lowest BCUT2D eigenvalue weighted by atomic mass is 10.1. The standard InChI is InChI=1S/C11H14ClNO2S/c12-10-2-1-9(16-10)11(14)13-5-3-8-4-6-15-7-8/h1-2,8H,3-7H2,(H,13,14)/t8-/m1/s1. The predicted octanol–water partition coefficient (Wildman–Crippen LogP) is 2.56. The molecule has 0 aliphatic carbocycles. The minimum absolute atomic E-state index is 0.0317. The first-order valence-corrected chi connectivity index (χ1v) is 6.56. The number of rotatable bonds is 4. The number of nitrogens with one attached hydrogen (secondary N) is 1. The van der Waals surface area contributed by atoms with E-state index in [1.54, 1.807) is 12.1 Å². The van der Waals surface area contributed by atoms with Gasteiger partial charge in [0.05, 0.1) is 9.21 Å². The molecule has 2 rings (SSSR count). The Kier molecular flexibility index (Phi) is 4.21. The third kappa shape index (κ3) is 3.20. The fraction of sp³-hybridized carbons (Fsp3) is 0.545. The van der Waals surface area contributed by atoms with Crippen molar-refractivity contribution >= 4 is 28.8 Å². The van der Waals surface area contributed by atoms with Crippen LogP contribution in [0.5, 0.6) is 0 Å². The molecule has 1 atom stereocenters. The molecule has 1 aromatic rings. The molecule has 5 heteroatoms. The summed E-state index contributed by atoms with van der Waals surface area (Å²) in [6.07, 6.45) is 2.10. The van der Waals surface area contributed by atoms with E-state index >= 15 is 0 Å². The number of ether oxygens (including phenoxy) is 1.